The number of rotatable bonds is 4. The number of ether oxygens (including phenoxy) is 1. The Hall–Kier alpha value is -3.33. The van der Waals surface area contributed by atoms with Crippen molar-refractivity contribution in [3.8, 4) is 5.75 Å². The number of benzene rings is 2. The standard InChI is InChI=1S/C21H21N5O3S/c1-14(27)20-23-26(17-8-6-5-7-9-17)21(30-20)24(3)19(22-25(21)15(2)28)16-10-12-18(29-4)13-11-16/h5-13H,1-4H3/t21-/m1/s1. The maximum atomic E-state index is 12.7. The fraction of sp³-hybridized carbons (Fsp3) is 0.238. The monoisotopic (exact) mass is 423 g/mol. The van der Waals surface area contributed by atoms with Crippen molar-refractivity contribution in [2.75, 3.05) is 19.2 Å². The molecule has 8 nitrogen and oxygen atoms in total. The number of Topliss-reactive ketones (excluding diaryl/α,β-unsaturated/α-hetero) is 1. The van der Waals surface area contributed by atoms with Gasteiger partial charge in [0.15, 0.2) is 16.7 Å². The van der Waals surface area contributed by atoms with Crippen LogP contribution in [0.15, 0.2) is 64.8 Å². The molecule has 0 aliphatic carbocycles. The fourth-order valence-electron chi connectivity index (χ4n) is 3.40. The molecule has 0 N–H and O–H groups in total. The summed E-state index contributed by atoms with van der Waals surface area (Å²) in [5, 5.41) is 11.4. The van der Waals surface area contributed by atoms with Crippen molar-refractivity contribution in [3.63, 3.8) is 0 Å². The van der Waals surface area contributed by atoms with Crippen molar-refractivity contribution in [1.82, 2.24) is 9.91 Å². The fourth-order valence-corrected chi connectivity index (χ4v) is 4.64. The zero-order valence-corrected chi connectivity index (χ0v) is 17.9. The topological polar surface area (TPSA) is 77.8 Å². The quantitative estimate of drug-likeness (QED) is 0.753. The molecule has 0 unspecified atom stereocenters. The van der Waals surface area contributed by atoms with E-state index in [0.29, 0.717) is 10.9 Å². The minimum Gasteiger partial charge on any atom is -0.497 e. The summed E-state index contributed by atoms with van der Waals surface area (Å²) >= 11 is 1.20. The number of carbonyl (C=O) groups excluding carboxylic acids is 2. The number of para-hydroxylation sites is 1. The molecule has 2 aliphatic heterocycles. The van der Waals surface area contributed by atoms with E-state index in [1.165, 1.54) is 30.6 Å². The Morgan fingerprint density at radius 2 is 1.67 bits per heavy atom. The third-order valence-corrected chi connectivity index (χ3v) is 6.33. The number of anilines is 1. The molecule has 30 heavy (non-hydrogen) atoms. The Morgan fingerprint density at radius 1 is 1.00 bits per heavy atom. The van der Waals surface area contributed by atoms with Gasteiger partial charge >= 0.3 is 0 Å². The molecule has 0 aromatic heterocycles. The van der Waals surface area contributed by atoms with Crippen molar-refractivity contribution >= 4 is 40.0 Å². The Balaban J connectivity index is 1.84. The number of thioether (sulfide) groups is 1. The van der Waals surface area contributed by atoms with Crippen LogP contribution >= 0.6 is 11.8 Å². The number of amides is 1. The summed E-state index contributed by atoms with van der Waals surface area (Å²) in [4.78, 5) is 26.8. The van der Waals surface area contributed by atoms with E-state index in [0.717, 1.165) is 17.0 Å². The SMILES string of the molecule is COc1ccc(C2=NN(C(C)=O)[C@]3(SC(C(C)=O)=NN3c3ccccc3)N2C)cc1. The third-order valence-electron chi connectivity index (χ3n) is 4.87. The van der Waals surface area contributed by atoms with E-state index >= 15 is 0 Å². The second-order valence-corrected chi connectivity index (χ2v) is 7.97. The summed E-state index contributed by atoms with van der Waals surface area (Å²) in [7, 11) is 3.45. The van der Waals surface area contributed by atoms with Gasteiger partial charge in [-0.05, 0) is 48.2 Å². The molecule has 0 saturated heterocycles. The van der Waals surface area contributed by atoms with Crippen LogP contribution in [0, 0.1) is 0 Å². The summed E-state index contributed by atoms with van der Waals surface area (Å²) < 4.78 is 5.24. The number of hydrogen-bond donors (Lipinski definition) is 0. The van der Waals surface area contributed by atoms with Crippen LogP contribution in [0.2, 0.25) is 0 Å². The summed E-state index contributed by atoms with van der Waals surface area (Å²) in [5.41, 5.74) is 1.55. The van der Waals surface area contributed by atoms with Gasteiger partial charge in [-0.3, -0.25) is 9.59 Å². The number of amidine groups is 1. The zero-order valence-electron chi connectivity index (χ0n) is 17.1. The molecule has 2 aliphatic rings. The molecule has 0 bridgehead atoms. The number of methoxy groups -OCH3 is 1. The normalized spacial score (nSPS) is 20.5. The molecule has 4 rings (SSSR count). The van der Waals surface area contributed by atoms with E-state index in [9.17, 15) is 9.59 Å². The second-order valence-electron chi connectivity index (χ2n) is 6.83. The van der Waals surface area contributed by atoms with E-state index in [1.807, 2.05) is 66.5 Å². The predicted molar refractivity (Wildman–Crippen MR) is 117 cm³/mol. The van der Waals surface area contributed by atoms with Gasteiger partial charge in [0.2, 0.25) is 5.91 Å². The van der Waals surface area contributed by atoms with Crippen LogP contribution in [0.1, 0.15) is 19.4 Å². The number of carbonyl (C=O) groups is 2. The lowest BCUT2D eigenvalue weighted by molar-refractivity contribution is -0.133. The molecule has 0 fully saturated rings. The summed E-state index contributed by atoms with van der Waals surface area (Å²) in [6, 6.07) is 16.9. The van der Waals surface area contributed by atoms with Gasteiger partial charge in [-0.25, -0.2) is 5.01 Å². The number of ketones is 1. The van der Waals surface area contributed by atoms with Crippen molar-refractivity contribution < 1.29 is 14.3 Å². The maximum absolute atomic E-state index is 12.7. The highest BCUT2D eigenvalue weighted by molar-refractivity contribution is 8.17. The molecule has 1 atom stereocenters. The number of nitrogens with zero attached hydrogens (tertiary/aromatic N) is 5. The molecular formula is C21H21N5O3S. The van der Waals surface area contributed by atoms with E-state index in [1.54, 1.807) is 12.1 Å². The van der Waals surface area contributed by atoms with E-state index in [2.05, 4.69) is 10.2 Å². The molecule has 1 spiro atoms. The lowest BCUT2D eigenvalue weighted by Crippen LogP contribution is -2.61. The lowest BCUT2D eigenvalue weighted by Gasteiger charge is -2.42. The van der Waals surface area contributed by atoms with E-state index in [4.69, 9.17) is 4.74 Å². The van der Waals surface area contributed by atoms with Crippen molar-refractivity contribution in [2.45, 2.75) is 19.0 Å². The minimum atomic E-state index is -1.16. The maximum Gasteiger partial charge on any atom is 0.292 e. The first-order valence-corrected chi connectivity index (χ1v) is 10.1. The second kappa shape index (κ2) is 7.49. The van der Waals surface area contributed by atoms with Crippen LogP contribution in [0.5, 0.6) is 5.75 Å². The largest absolute Gasteiger partial charge is 0.497 e. The van der Waals surface area contributed by atoms with E-state index < -0.39 is 5.12 Å². The Morgan fingerprint density at radius 3 is 2.23 bits per heavy atom. The van der Waals surface area contributed by atoms with Gasteiger partial charge in [-0.1, -0.05) is 18.2 Å². The molecule has 2 aromatic rings. The molecule has 0 saturated carbocycles. The molecule has 154 valence electrons. The zero-order chi connectivity index (χ0) is 21.5. The Bertz CT molecular complexity index is 1050. The minimum absolute atomic E-state index is 0.174. The van der Waals surface area contributed by atoms with Crippen LogP contribution in [0.3, 0.4) is 0 Å². The summed E-state index contributed by atoms with van der Waals surface area (Å²) in [6.45, 7) is 2.91. The van der Waals surface area contributed by atoms with Gasteiger partial charge in [0.25, 0.3) is 5.12 Å². The lowest BCUT2D eigenvalue weighted by atomic mass is 10.2. The molecule has 1 amide bonds. The first-order valence-electron chi connectivity index (χ1n) is 9.30. The smallest absolute Gasteiger partial charge is 0.292 e. The van der Waals surface area contributed by atoms with E-state index in [-0.39, 0.29) is 11.7 Å². The van der Waals surface area contributed by atoms with Crippen molar-refractivity contribution in [1.29, 1.82) is 0 Å². The highest BCUT2D eigenvalue weighted by Gasteiger charge is 2.59. The van der Waals surface area contributed by atoms with Gasteiger partial charge in [-0.15, -0.1) is 5.10 Å². The molecule has 2 heterocycles. The highest BCUT2D eigenvalue weighted by atomic mass is 32.2. The first kappa shape index (κ1) is 20.0. The summed E-state index contributed by atoms with van der Waals surface area (Å²) in [6.07, 6.45) is 0. The van der Waals surface area contributed by atoms with Crippen LogP contribution in [-0.2, 0) is 9.59 Å². The van der Waals surface area contributed by atoms with Gasteiger partial charge in [0.05, 0.1) is 12.8 Å². The van der Waals surface area contributed by atoms with Crippen LogP contribution in [-0.4, -0.2) is 51.8 Å². The number of hydrogen-bond acceptors (Lipinski definition) is 8. The van der Waals surface area contributed by atoms with Crippen LogP contribution < -0.4 is 9.75 Å². The number of hydrazone groups is 2. The van der Waals surface area contributed by atoms with Gasteiger partial charge in [-0.2, -0.15) is 10.1 Å². The Labute approximate surface area is 178 Å². The molecular weight excluding hydrogens is 402 g/mol. The Kier molecular flexibility index (Phi) is 4.98. The highest BCUT2D eigenvalue weighted by Crippen LogP contribution is 2.48. The van der Waals surface area contributed by atoms with Crippen molar-refractivity contribution in [2.24, 2.45) is 10.2 Å². The molecule has 9 heteroatoms. The predicted octanol–water partition coefficient (Wildman–Crippen LogP) is 2.92. The average Bonchev–Trinajstić information content (AvgIpc) is 3.29. The first-order chi connectivity index (χ1) is 14.4. The van der Waals surface area contributed by atoms with Gasteiger partial charge < -0.3 is 9.64 Å². The molecule has 2 aromatic carbocycles. The van der Waals surface area contributed by atoms with Crippen LogP contribution in [0.25, 0.3) is 0 Å². The van der Waals surface area contributed by atoms with Gasteiger partial charge in [0.1, 0.15) is 5.75 Å². The van der Waals surface area contributed by atoms with Gasteiger partial charge in [0, 0.05) is 26.5 Å². The summed E-state index contributed by atoms with van der Waals surface area (Å²) in [5.74, 6) is 0.870. The third kappa shape index (κ3) is 3.02. The van der Waals surface area contributed by atoms with Crippen molar-refractivity contribution in [3.05, 3.63) is 60.2 Å². The average molecular weight is 423 g/mol. The van der Waals surface area contributed by atoms with Crippen LogP contribution in [0.4, 0.5) is 5.69 Å². The molecule has 0 radical (unpaired) electrons.